The summed E-state index contributed by atoms with van der Waals surface area (Å²) < 4.78 is 47.7. The number of aryl methyl sites for hydroxylation is 3. The average Bonchev–Trinajstić information content (AvgIpc) is 3.55. The van der Waals surface area contributed by atoms with Crippen molar-refractivity contribution in [3.8, 4) is 11.3 Å². The maximum atomic E-state index is 13.4. The summed E-state index contributed by atoms with van der Waals surface area (Å²) in [5.74, 6) is -0.0492. The first-order valence-corrected chi connectivity index (χ1v) is 12.1. The van der Waals surface area contributed by atoms with E-state index in [4.69, 9.17) is 4.52 Å². The van der Waals surface area contributed by atoms with Gasteiger partial charge in [0.1, 0.15) is 24.1 Å². The minimum atomic E-state index is -4.58. The van der Waals surface area contributed by atoms with Gasteiger partial charge in [-0.05, 0) is 44.5 Å². The number of carbonyl (C=O) groups is 1. The second-order valence-corrected chi connectivity index (χ2v) is 9.25. The molecule has 1 amide bonds. The zero-order valence-electron chi connectivity index (χ0n) is 22.1. The van der Waals surface area contributed by atoms with Gasteiger partial charge in [-0.15, -0.1) is 0 Å². The third-order valence-corrected chi connectivity index (χ3v) is 6.36. The number of aromatic nitrogens is 8. The molecule has 0 spiro atoms. The number of hydrogen-bond acceptors (Lipinski definition) is 9. The van der Waals surface area contributed by atoms with Crippen molar-refractivity contribution in [1.82, 2.24) is 38.8 Å². The molecule has 1 N–H and O–H groups in total. The summed E-state index contributed by atoms with van der Waals surface area (Å²) in [4.78, 5) is 55.5. The molecule has 0 aliphatic rings. The van der Waals surface area contributed by atoms with Gasteiger partial charge in [0.15, 0.2) is 17.0 Å². The Morgan fingerprint density at radius 3 is 2.56 bits per heavy atom. The zero-order chi connectivity index (χ0) is 29.6. The Balaban J connectivity index is 1.44. The number of hydrogen-bond donors (Lipinski definition) is 1. The minimum Gasteiger partial charge on any atom is -0.337 e. The number of fused-ring (bicyclic) bond motifs is 1. The molecule has 5 aromatic rings. The molecule has 5 rings (SSSR count). The predicted octanol–water partition coefficient (Wildman–Crippen LogP) is 2.62. The van der Waals surface area contributed by atoms with Gasteiger partial charge in [-0.2, -0.15) is 18.2 Å². The minimum absolute atomic E-state index is 0.000925. The molecule has 0 bridgehead atoms. The van der Waals surface area contributed by atoms with Crippen LogP contribution in [-0.2, 0) is 24.6 Å². The SMILES string of the molecule is Cc1noc(Cn2c(=O)c3c(ncn3[C@@H](C)C(=O)Nc3cccc(-c4cnc(C(F)(F)F)c(C)c4)n3)n(C)c2=O)n1. The molecule has 16 heteroatoms. The smallest absolute Gasteiger partial charge is 0.337 e. The van der Waals surface area contributed by atoms with Gasteiger partial charge in [-0.25, -0.2) is 19.3 Å². The number of rotatable bonds is 6. The Bertz CT molecular complexity index is 1920. The van der Waals surface area contributed by atoms with Crippen molar-refractivity contribution >= 4 is 22.9 Å². The fraction of sp³-hybridized carbons (Fsp3) is 0.280. The third-order valence-electron chi connectivity index (χ3n) is 6.36. The van der Waals surface area contributed by atoms with Crippen LogP contribution in [0.3, 0.4) is 0 Å². The highest BCUT2D eigenvalue weighted by molar-refractivity contribution is 5.93. The van der Waals surface area contributed by atoms with Crippen LogP contribution in [0.4, 0.5) is 19.0 Å². The van der Waals surface area contributed by atoms with Gasteiger partial charge >= 0.3 is 11.9 Å². The van der Waals surface area contributed by atoms with Crippen LogP contribution in [0, 0.1) is 13.8 Å². The van der Waals surface area contributed by atoms with E-state index in [9.17, 15) is 27.6 Å². The summed E-state index contributed by atoms with van der Waals surface area (Å²) in [7, 11) is 1.44. The Kier molecular flexibility index (Phi) is 6.76. The second-order valence-electron chi connectivity index (χ2n) is 9.25. The van der Waals surface area contributed by atoms with Crippen LogP contribution in [0.15, 0.2) is 50.9 Å². The highest BCUT2D eigenvalue weighted by Crippen LogP contribution is 2.31. The maximum absolute atomic E-state index is 13.4. The Morgan fingerprint density at radius 2 is 1.90 bits per heavy atom. The number of amides is 1. The molecule has 5 heterocycles. The van der Waals surface area contributed by atoms with Crippen LogP contribution < -0.4 is 16.6 Å². The van der Waals surface area contributed by atoms with Crippen molar-refractivity contribution in [3.05, 3.63) is 80.6 Å². The lowest BCUT2D eigenvalue weighted by atomic mass is 10.1. The standard InChI is InChI=1S/C25H22F3N9O4/c1-12-8-15(9-29-20(12)25(26,27)28)16-6-5-7-17(32-16)33-22(38)13(2)37-11-30-21-19(37)23(39)36(24(40)35(21)4)10-18-31-14(3)34-41-18/h5-9,11,13H,10H2,1-4H3,(H,32,33,38)/t13-/m0/s1. The van der Waals surface area contributed by atoms with Crippen LogP contribution in [-0.4, -0.2) is 44.7 Å². The van der Waals surface area contributed by atoms with E-state index in [2.05, 4.69) is 30.4 Å². The Labute approximate surface area is 228 Å². The number of nitrogens with zero attached hydrogens (tertiary/aromatic N) is 8. The van der Waals surface area contributed by atoms with Crippen LogP contribution in [0.1, 0.15) is 35.9 Å². The third kappa shape index (κ3) is 5.10. The number of pyridine rings is 2. The van der Waals surface area contributed by atoms with E-state index in [-0.39, 0.29) is 35.0 Å². The molecule has 41 heavy (non-hydrogen) atoms. The quantitative estimate of drug-likeness (QED) is 0.325. The molecule has 13 nitrogen and oxygen atoms in total. The first-order chi connectivity index (χ1) is 19.3. The summed E-state index contributed by atoms with van der Waals surface area (Å²) in [6, 6.07) is 4.99. The van der Waals surface area contributed by atoms with Gasteiger partial charge in [-0.1, -0.05) is 11.2 Å². The molecule has 0 saturated carbocycles. The summed E-state index contributed by atoms with van der Waals surface area (Å²) >= 11 is 0. The van der Waals surface area contributed by atoms with Crippen molar-refractivity contribution in [2.45, 2.75) is 39.5 Å². The fourth-order valence-electron chi connectivity index (χ4n) is 4.30. The highest BCUT2D eigenvalue weighted by atomic mass is 19.4. The van der Waals surface area contributed by atoms with Crippen LogP contribution >= 0.6 is 0 Å². The molecule has 0 aliphatic carbocycles. The normalized spacial score (nSPS) is 12.6. The average molecular weight is 570 g/mol. The lowest BCUT2D eigenvalue weighted by Crippen LogP contribution is -2.40. The van der Waals surface area contributed by atoms with E-state index in [0.29, 0.717) is 17.1 Å². The van der Waals surface area contributed by atoms with Crippen molar-refractivity contribution < 1.29 is 22.5 Å². The maximum Gasteiger partial charge on any atom is 0.433 e. The molecule has 5 aromatic heterocycles. The van der Waals surface area contributed by atoms with Gasteiger partial charge < -0.3 is 14.4 Å². The number of anilines is 1. The van der Waals surface area contributed by atoms with Crippen molar-refractivity contribution in [1.29, 1.82) is 0 Å². The molecule has 0 fully saturated rings. The summed E-state index contributed by atoms with van der Waals surface area (Å²) in [6.07, 6.45) is -2.24. The number of carbonyl (C=O) groups excluding carboxylic acids is 1. The van der Waals surface area contributed by atoms with Gasteiger partial charge in [0.25, 0.3) is 5.56 Å². The summed E-state index contributed by atoms with van der Waals surface area (Å²) in [5, 5.41) is 6.31. The van der Waals surface area contributed by atoms with Crippen LogP contribution in [0.2, 0.25) is 0 Å². The number of alkyl halides is 3. The number of imidazole rings is 1. The largest absolute Gasteiger partial charge is 0.433 e. The lowest BCUT2D eigenvalue weighted by Gasteiger charge is -2.15. The van der Waals surface area contributed by atoms with Crippen LogP contribution in [0.25, 0.3) is 22.4 Å². The number of nitrogens with one attached hydrogen (secondary N) is 1. The molecule has 0 saturated heterocycles. The molecule has 0 unspecified atom stereocenters. The summed E-state index contributed by atoms with van der Waals surface area (Å²) in [5.41, 5.74) is -1.73. The molecule has 212 valence electrons. The topological polar surface area (TPSA) is 156 Å². The monoisotopic (exact) mass is 569 g/mol. The first kappa shape index (κ1) is 27.4. The molecule has 0 aliphatic heterocycles. The van der Waals surface area contributed by atoms with E-state index in [1.807, 2.05) is 0 Å². The van der Waals surface area contributed by atoms with Gasteiger partial charge in [0.05, 0.1) is 12.0 Å². The lowest BCUT2D eigenvalue weighted by molar-refractivity contribution is -0.141. The van der Waals surface area contributed by atoms with Gasteiger partial charge in [0, 0.05) is 18.8 Å². The molecule has 0 aromatic carbocycles. The molecular weight excluding hydrogens is 547 g/mol. The molecule has 1 atom stereocenters. The van der Waals surface area contributed by atoms with Gasteiger partial charge in [0.2, 0.25) is 11.8 Å². The molecular formula is C25H22F3N9O4. The Hall–Kier alpha value is -5.15. The first-order valence-electron chi connectivity index (χ1n) is 12.1. The predicted molar refractivity (Wildman–Crippen MR) is 138 cm³/mol. The highest BCUT2D eigenvalue weighted by Gasteiger charge is 2.34. The molecule has 0 radical (unpaired) electrons. The van der Waals surface area contributed by atoms with E-state index in [0.717, 1.165) is 10.8 Å². The van der Waals surface area contributed by atoms with Crippen LogP contribution in [0.5, 0.6) is 0 Å². The van der Waals surface area contributed by atoms with E-state index < -0.39 is 35.1 Å². The second kappa shape index (κ2) is 10.1. The fourth-order valence-corrected chi connectivity index (χ4v) is 4.30. The zero-order valence-corrected chi connectivity index (χ0v) is 22.1. The van der Waals surface area contributed by atoms with E-state index in [1.54, 1.807) is 19.1 Å². The van der Waals surface area contributed by atoms with Crippen molar-refractivity contribution in [3.63, 3.8) is 0 Å². The van der Waals surface area contributed by atoms with E-state index >= 15 is 0 Å². The van der Waals surface area contributed by atoms with Crippen molar-refractivity contribution in [2.75, 3.05) is 5.32 Å². The summed E-state index contributed by atoms with van der Waals surface area (Å²) in [6.45, 7) is 4.15. The van der Waals surface area contributed by atoms with Crippen molar-refractivity contribution in [2.24, 2.45) is 7.05 Å². The van der Waals surface area contributed by atoms with Gasteiger partial charge in [-0.3, -0.25) is 19.1 Å². The van der Waals surface area contributed by atoms with E-state index in [1.165, 1.54) is 48.5 Å². The number of halogens is 3. The Morgan fingerprint density at radius 1 is 1.15 bits per heavy atom.